The van der Waals surface area contributed by atoms with Crippen LogP contribution in [0.15, 0.2) is 42.5 Å². The zero-order valence-electron chi connectivity index (χ0n) is 12.5. The SMILES string of the molecule is O=C(CNC(=O)c1ccc(Cl)c(Cl)c1)Nc1ccccc1C(F)(F)F. The van der Waals surface area contributed by atoms with Crippen LogP contribution in [-0.4, -0.2) is 18.4 Å². The monoisotopic (exact) mass is 390 g/mol. The zero-order chi connectivity index (χ0) is 18.6. The summed E-state index contributed by atoms with van der Waals surface area (Å²) in [6.45, 7) is -0.509. The molecule has 0 aliphatic rings. The van der Waals surface area contributed by atoms with Crippen molar-refractivity contribution in [1.29, 1.82) is 0 Å². The van der Waals surface area contributed by atoms with E-state index in [0.717, 1.165) is 12.1 Å². The lowest BCUT2D eigenvalue weighted by Gasteiger charge is -2.13. The first-order chi connectivity index (χ1) is 11.7. The van der Waals surface area contributed by atoms with E-state index in [9.17, 15) is 22.8 Å². The third-order valence-corrected chi connectivity index (χ3v) is 3.84. The molecular weight excluding hydrogens is 380 g/mol. The minimum absolute atomic E-state index is 0.165. The van der Waals surface area contributed by atoms with Crippen LogP contribution in [0.4, 0.5) is 18.9 Å². The molecule has 0 radical (unpaired) electrons. The summed E-state index contributed by atoms with van der Waals surface area (Å²) in [5.41, 5.74) is -1.19. The van der Waals surface area contributed by atoms with Crippen molar-refractivity contribution < 1.29 is 22.8 Å². The van der Waals surface area contributed by atoms with Gasteiger partial charge in [0, 0.05) is 5.56 Å². The molecule has 0 spiro atoms. The highest BCUT2D eigenvalue weighted by Gasteiger charge is 2.33. The van der Waals surface area contributed by atoms with E-state index in [2.05, 4.69) is 10.6 Å². The predicted octanol–water partition coefficient (Wildman–Crippen LogP) is 4.38. The van der Waals surface area contributed by atoms with Gasteiger partial charge in [0.15, 0.2) is 0 Å². The topological polar surface area (TPSA) is 58.2 Å². The Morgan fingerprint density at radius 3 is 2.32 bits per heavy atom. The fourth-order valence-electron chi connectivity index (χ4n) is 1.93. The largest absolute Gasteiger partial charge is 0.418 e. The van der Waals surface area contributed by atoms with Crippen molar-refractivity contribution in [2.45, 2.75) is 6.18 Å². The Morgan fingerprint density at radius 1 is 1.00 bits per heavy atom. The zero-order valence-corrected chi connectivity index (χ0v) is 14.0. The number of alkyl halides is 3. The molecule has 0 bridgehead atoms. The molecule has 2 N–H and O–H groups in total. The lowest BCUT2D eigenvalue weighted by molar-refractivity contribution is -0.137. The van der Waals surface area contributed by atoms with Crippen molar-refractivity contribution in [3.05, 3.63) is 63.6 Å². The lowest BCUT2D eigenvalue weighted by Crippen LogP contribution is -2.33. The number of carbonyl (C=O) groups is 2. The minimum atomic E-state index is -4.60. The molecule has 0 saturated carbocycles. The van der Waals surface area contributed by atoms with Gasteiger partial charge in [-0.05, 0) is 30.3 Å². The van der Waals surface area contributed by atoms with Crippen LogP contribution in [0.25, 0.3) is 0 Å². The highest BCUT2D eigenvalue weighted by atomic mass is 35.5. The average Bonchev–Trinajstić information content (AvgIpc) is 2.54. The van der Waals surface area contributed by atoms with Gasteiger partial charge in [0.25, 0.3) is 5.91 Å². The second-order valence-corrected chi connectivity index (χ2v) is 5.72. The second kappa shape index (κ2) is 7.76. The number of rotatable bonds is 4. The minimum Gasteiger partial charge on any atom is -0.343 e. The molecule has 0 aromatic heterocycles. The maximum atomic E-state index is 12.9. The number of para-hydroxylation sites is 1. The number of benzene rings is 2. The lowest BCUT2D eigenvalue weighted by atomic mass is 10.1. The van der Waals surface area contributed by atoms with E-state index in [4.69, 9.17) is 23.2 Å². The standard InChI is InChI=1S/C16H11Cl2F3N2O2/c17-11-6-5-9(7-12(11)18)15(25)22-8-14(24)23-13-4-2-1-3-10(13)16(19,20)21/h1-7H,8H2,(H,22,25)(H,23,24). The number of hydrogen-bond donors (Lipinski definition) is 2. The number of carbonyl (C=O) groups excluding carboxylic acids is 2. The third-order valence-electron chi connectivity index (χ3n) is 3.10. The molecule has 9 heteroatoms. The van der Waals surface area contributed by atoms with Gasteiger partial charge in [0.1, 0.15) is 0 Å². The van der Waals surface area contributed by atoms with Gasteiger partial charge in [-0.15, -0.1) is 0 Å². The third kappa shape index (κ3) is 5.11. The summed E-state index contributed by atoms with van der Waals surface area (Å²) in [5, 5.41) is 4.84. The fraction of sp³-hybridized carbons (Fsp3) is 0.125. The number of amides is 2. The van der Waals surface area contributed by atoms with E-state index in [1.165, 1.54) is 30.3 Å². The molecule has 0 heterocycles. The van der Waals surface area contributed by atoms with Crippen LogP contribution in [0.2, 0.25) is 10.0 Å². The van der Waals surface area contributed by atoms with Gasteiger partial charge in [-0.25, -0.2) is 0 Å². The van der Waals surface area contributed by atoms with Gasteiger partial charge < -0.3 is 10.6 Å². The first-order valence-corrected chi connectivity index (χ1v) is 7.63. The molecule has 25 heavy (non-hydrogen) atoms. The highest BCUT2D eigenvalue weighted by Crippen LogP contribution is 2.34. The van der Waals surface area contributed by atoms with Crippen molar-refractivity contribution >= 4 is 40.7 Å². The van der Waals surface area contributed by atoms with E-state index in [0.29, 0.717) is 0 Å². The maximum absolute atomic E-state index is 12.9. The maximum Gasteiger partial charge on any atom is 0.418 e. The molecule has 0 unspecified atom stereocenters. The molecule has 2 aromatic carbocycles. The van der Waals surface area contributed by atoms with Crippen LogP contribution in [0.1, 0.15) is 15.9 Å². The summed E-state index contributed by atoms with van der Waals surface area (Å²) in [5.74, 6) is -1.41. The first kappa shape index (κ1) is 19.1. The molecule has 0 aliphatic carbocycles. The highest BCUT2D eigenvalue weighted by molar-refractivity contribution is 6.42. The summed E-state index contributed by atoms with van der Waals surface area (Å²) >= 11 is 11.5. The summed E-state index contributed by atoms with van der Waals surface area (Å²) in [7, 11) is 0. The van der Waals surface area contributed by atoms with Gasteiger partial charge >= 0.3 is 6.18 Å². The number of anilines is 1. The Bertz CT molecular complexity index is 810. The second-order valence-electron chi connectivity index (χ2n) is 4.90. The van der Waals surface area contributed by atoms with Gasteiger partial charge in [-0.1, -0.05) is 35.3 Å². The van der Waals surface area contributed by atoms with Crippen molar-refractivity contribution in [2.75, 3.05) is 11.9 Å². The Labute approximate surface area is 150 Å². The van der Waals surface area contributed by atoms with Crippen LogP contribution in [-0.2, 0) is 11.0 Å². The number of nitrogens with one attached hydrogen (secondary N) is 2. The van der Waals surface area contributed by atoms with Crippen LogP contribution >= 0.6 is 23.2 Å². The molecular formula is C16H11Cl2F3N2O2. The van der Waals surface area contributed by atoms with E-state index in [1.807, 2.05) is 0 Å². The quantitative estimate of drug-likeness (QED) is 0.813. The normalized spacial score (nSPS) is 11.1. The summed E-state index contributed by atoms with van der Waals surface area (Å²) in [6.07, 6.45) is -4.60. The Balaban J connectivity index is 1.99. The predicted molar refractivity (Wildman–Crippen MR) is 88.9 cm³/mol. The fourth-order valence-corrected chi connectivity index (χ4v) is 2.23. The Morgan fingerprint density at radius 2 is 1.68 bits per heavy atom. The van der Waals surface area contributed by atoms with Crippen LogP contribution in [0.3, 0.4) is 0 Å². The molecule has 0 saturated heterocycles. The molecule has 2 rings (SSSR count). The van der Waals surface area contributed by atoms with Crippen molar-refractivity contribution in [1.82, 2.24) is 5.32 Å². The van der Waals surface area contributed by atoms with Crippen LogP contribution in [0, 0.1) is 0 Å². The molecule has 0 atom stereocenters. The molecule has 0 aliphatic heterocycles. The molecule has 0 fully saturated rings. The van der Waals surface area contributed by atoms with Crippen molar-refractivity contribution in [3.63, 3.8) is 0 Å². The molecule has 132 valence electrons. The number of hydrogen-bond acceptors (Lipinski definition) is 2. The van der Waals surface area contributed by atoms with Gasteiger partial charge in [0.05, 0.1) is 27.8 Å². The Kier molecular flexibility index (Phi) is 5.92. The van der Waals surface area contributed by atoms with Gasteiger partial charge in [-0.3, -0.25) is 9.59 Å². The molecule has 4 nitrogen and oxygen atoms in total. The van der Waals surface area contributed by atoms with E-state index in [1.54, 1.807) is 0 Å². The molecule has 2 aromatic rings. The Hall–Kier alpha value is -2.25. The van der Waals surface area contributed by atoms with Crippen molar-refractivity contribution in [3.8, 4) is 0 Å². The summed E-state index contributed by atoms with van der Waals surface area (Å²) in [6, 6.07) is 8.68. The van der Waals surface area contributed by atoms with Crippen LogP contribution in [0.5, 0.6) is 0 Å². The summed E-state index contributed by atoms with van der Waals surface area (Å²) in [4.78, 5) is 23.7. The van der Waals surface area contributed by atoms with Crippen molar-refractivity contribution in [2.24, 2.45) is 0 Å². The smallest absolute Gasteiger partial charge is 0.343 e. The average molecular weight is 391 g/mol. The van der Waals surface area contributed by atoms with Gasteiger partial charge in [0.2, 0.25) is 5.91 Å². The van der Waals surface area contributed by atoms with E-state index < -0.39 is 30.1 Å². The van der Waals surface area contributed by atoms with Gasteiger partial charge in [-0.2, -0.15) is 13.2 Å². The van der Waals surface area contributed by atoms with Crippen LogP contribution < -0.4 is 10.6 Å². The molecule has 2 amide bonds. The van der Waals surface area contributed by atoms with E-state index in [-0.39, 0.29) is 21.3 Å². The first-order valence-electron chi connectivity index (χ1n) is 6.88. The van der Waals surface area contributed by atoms with E-state index >= 15 is 0 Å². The summed E-state index contributed by atoms with van der Waals surface area (Å²) < 4.78 is 38.6. The number of halogens is 5.